The van der Waals surface area contributed by atoms with E-state index < -0.39 is 0 Å². The number of piperidine rings is 1. The van der Waals surface area contributed by atoms with Crippen LogP contribution in [-0.4, -0.2) is 28.2 Å². The number of nitrogens with one attached hydrogen (secondary N) is 1. The zero-order valence-electron chi connectivity index (χ0n) is 11.7. The first kappa shape index (κ1) is 14.8. The molecule has 0 atom stereocenters. The predicted octanol–water partition coefficient (Wildman–Crippen LogP) is 3.47. The van der Waals surface area contributed by atoms with E-state index in [9.17, 15) is 0 Å². The van der Waals surface area contributed by atoms with Gasteiger partial charge in [0.05, 0.1) is 15.5 Å². The summed E-state index contributed by atoms with van der Waals surface area (Å²) in [5.74, 6) is 1.09. The Labute approximate surface area is 133 Å². The van der Waals surface area contributed by atoms with Crippen LogP contribution in [-0.2, 0) is 5.41 Å². The molecule has 0 radical (unpaired) electrons. The summed E-state index contributed by atoms with van der Waals surface area (Å²) < 4.78 is 5.52. The molecule has 7 heteroatoms. The Bertz CT molecular complexity index is 638. The molecule has 0 unspecified atom stereocenters. The summed E-state index contributed by atoms with van der Waals surface area (Å²) >= 11 is 12.0. The van der Waals surface area contributed by atoms with Gasteiger partial charge in [0.25, 0.3) is 0 Å². The van der Waals surface area contributed by atoms with Crippen molar-refractivity contribution in [1.82, 2.24) is 20.4 Å². The molecule has 0 aromatic carbocycles. The maximum absolute atomic E-state index is 6.15. The van der Waals surface area contributed by atoms with E-state index in [0.29, 0.717) is 27.5 Å². The van der Waals surface area contributed by atoms with E-state index in [2.05, 4.69) is 27.4 Å². The highest BCUT2D eigenvalue weighted by Gasteiger charge is 2.37. The zero-order valence-corrected chi connectivity index (χ0v) is 13.2. The summed E-state index contributed by atoms with van der Waals surface area (Å²) in [6.45, 7) is 4.08. The minimum Gasteiger partial charge on any atom is -0.338 e. The molecule has 1 aliphatic rings. The third-order valence-electron chi connectivity index (χ3n) is 4.14. The van der Waals surface area contributed by atoms with Gasteiger partial charge >= 0.3 is 0 Å². The van der Waals surface area contributed by atoms with Crippen molar-refractivity contribution in [3.8, 4) is 11.5 Å². The molecule has 3 heterocycles. The van der Waals surface area contributed by atoms with Crippen LogP contribution >= 0.6 is 23.2 Å². The molecule has 21 heavy (non-hydrogen) atoms. The number of pyridine rings is 1. The molecule has 0 spiro atoms. The van der Waals surface area contributed by atoms with Crippen LogP contribution < -0.4 is 5.32 Å². The van der Waals surface area contributed by atoms with E-state index in [1.807, 2.05) is 0 Å². The molecule has 1 N–H and O–H groups in total. The Hall–Kier alpha value is -1.17. The fraction of sp³-hybridized carbons (Fsp3) is 0.500. The summed E-state index contributed by atoms with van der Waals surface area (Å²) in [5, 5.41) is 8.31. The Morgan fingerprint density at radius 1 is 1.33 bits per heavy atom. The lowest BCUT2D eigenvalue weighted by atomic mass is 9.76. The van der Waals surface area contributed by atoms with Crippen LogP contribution in [0.2, 0.25) is 10.0 Å². The van der Waals surface area contributed by atoms with Crippen LogP contribution in [0.15, 0.2) is 16.8 Å². The molecule has 0 saturated carbocycles. The molecule has 112 valence electrons. The molecule has 1 aliphatic heterocycles. The molecule has 3 rings (SSSR count). The number of rotatable bonds is 3. The first-order valence-corrected chi connectivity index (χ1v) is 7.76. The third kappa shape index (κ3) is 2.78. The van der Waals surface area contributed by atoms with E-state index in [0.717, 1.165) is 32.4 Å². The molecule has 0 bridgehead atoms. The van der Waals surface area contributed by atoms with Crippen LogP contribution in [0, 0.1) is 0 Å². The van der Waals surface area contributed by atoms with E-state index in [-0.39, 0.29) is 5.41 Å². The van der Waals surface area contributed by atoms with Crippen molar-refractivity contribution in [2.45, 2.75) is 31.6 Å². The van der Waals surface area contributed by atoms with Crippen molar-refractivity contribution in [2.24, 2.45) is 0 Å². The Kier molecular flexibility index (Phi) is 4.15. The van der Waals surface area contributed by atoms with Gasteiger partial charge in [0.15, 0.2) is 0 Å². The summed E-state index contributed by atoms with van der Waals surface area (Å²) in [5.41, 5.74) is 0.450. The molecular weight excluding hydrogens is 311 g/mol. The second-order valence-electron chi connectivity index (χ2n) is 5.29. The van der Waals surface area contributed by atoms with Crippen LogP contribution in [0.4, 0.5) is 0 Å². The Morgan fingerprint density at radius 2 is 2.10 bits per heavy atom. The van der Waals surface area contributed by atoms with Crippen LogP contribution in [0.25, 0.3) is 11.5 Å². The lowest BCUT2D eigenvalue weighted by molar-refractivity contribution is 0.216. The summed E-state index contributed by atoms with van der Waals surface area (Å²) in [6, 6.07) is 1.63. The van der Waals surface area contributed by atoms with E-state index in [1.54, 1.807) is 6.07 Å². The molecular formula is C14H16Cl2N4O. The zero-order chi connectivity index (χ0) is 14.9. The van der Waals surface area contributed by atoms with Crippen molar-refractivity contribution < 1.29 is 4.52 Å². The lowest BCUT2D eigenvalue weighted by Gasteiger charge is -2.33. The summed E-state index contributed by atoms with van der Waals surface area (Å²) in [7, 11) is 0. The van der Waals surface area contributed by atoms with Gasteiger partial charge in [-0.25, -0.2) is 4.98 Å². The SMILES string of the molecule is CCC1(c2nc(-c3ncc(Cl)cc3Cl)no2)CCNCC1. The Morgan fingerprint density at radius 3 is 2.76 bits per heavy atom. The van der Waals surface area contributed by atoms with Gasteiger partial charge < -0.3 is 9.84 Å². The van der Waals surface area contributed by atoms with Crippen molar-refractivity contribution in [1.29, 1.82) is 0 Å². The monoisotopic (exact) mass is 326 g/mol. The second kappa shape index (κ2) is 5.91. The molecule has 0 aliphatic carbocycles. The molecule has 5 nitrogen and oxygen atoms in total. The third-order valence-corrected chi connectivity index (χ3v) is 4.63. The van der Waals surface area contributed by atoms with E-state index >= 15 is 0 Å². The van der Waals surface area contributed by atoms with Crippen molar-refractivity contribution in [3.63, 3.8) is 0 Å². The minimum atomic E-state index is -0.0462. The fourth-order valence-electron chi connectivity index (χ4n) is 2.74. The predicted molar refractivity (Wildman–Crippen MR) is 81.6 cm³/mol. The van der Waals surface area contributed by atoms with Crippen LogP contribution in [0.5, 0.6) is 0 Å². The van der Waals surface area contributed by atoms with Gasteiger partial charge in [-0.05, 0) is 38.4 Å². The second-order valence-corrected chi connectivity index (χ2v) is 6.13. The number of aromatic nitrogens is 3. The van der Waals surface area contributed by atoms with Gasteiger partial charge in [0.1, 0.15) is 5.69 Å². The average Bonchev–Trinajstić information content (AvgIpc) is 2.98. The first-order chi connectivity index (χ1) is 10.1. The normalized spacial score (nSPS) is 17.9. The van der Waals surface area contributed by atoms with Gasteiger partial charge in [-0.2, -0.15) is 4.98 Å². The van der Waals surface area contributed by atoms with E-state index in [1.165, 1.54) is 6.20 Å². The molecule has 2 aromatic rings. The molecule has 1 fully saturated rings. The first-order valence-electron chi connectivity index (χ1n) is 7.01. The summed E-state index contributed by atoms with van der Waals surface area (Å²) in [6.07, 6.45) is 4.48. The molecule has 2 aromatic heterocycles. The Balaban J connectivity index is 1.95. The average molecular weight is 327 g/mol. The van der Waals surface area contributed by atoms with Crippen molar-refractivity contribution in [3.05, 3.63) is 28.2 Å². The van der Waals surface area contributed by atoms with Crippen molar-refractivity contribution >= 4 is 23.2 Å². The highest BCUT2D eigenvalue weighted by atomic mass is 35.5. The smallest absolute Gasteiger partial charge is 0.233 e. The summed E-state index contributed by atoms with van der Waals surface area (Å²) in [4.78, 5) is 8.74. The lowest BCUT2D eigenvalue weighted by Crippen LogP contribution is -2.39. The maximum atomic E-state index is 6.15. The van der Waals surface area contributed by atoms with Gasteiger partial charge in [-0.1, -0.05) is 35.3 Å². The van der Waals surface area contributed by atoms with E-state index in [4.69, 9.17) is 27.7 Å². The van der Waals surface area contributed by atoms with Crippen molar-refractivity contribution in [2.75, 3.05) is 13.1 Å². The quantitative estimate of drug-likeness (QED) is 0.935. The minimum absolute atomic E-state index is 0.0462. The van der Waals surface area contributed by atoms with Gasteiger partial charge in [0, 0.05) is 6.20 Å². The van der Waals surface area contributed by atoms with Gasteiger partial charge in [0.2, 0.25) is 11.7 Å². The maximum Gasteiger partial charge on any atom is 0.233 e. The number of nitrogens with zero attached hydrogens (tertiary/aromatic N) is 3. The number of hydrogen-bond acceptors (Lipinski definition) is 5. The molecule has 0 amide bonds. The van der Waals surface area contributed by atoms with Gasteiger partial charge in [-0.3, -0.25) is 0 Å². The highest BCUT2D eigenvalue weighted by Crippen LogP contribution is 2.37. The van der Waals surface area contributed by atoms with Crippen LogP contribution in [0.1, 0.15) is 32.1 Å². The highest BCUT2D eigenvalue weighted by molar-refractivity contribution is 6.35. The van der Waals surface area contributed by atoms with Crippen LogP contribution in [0.3, 0.4) is 0 Å². The fourth-order valence-corrected chi connectivity index (χ4v) is 3.20. The standard InChI is InChI=1S/C14H16Cl2N4O/c1-2-14(3-5-17-6-4-14)13-19-12(20-21-13)11-10(16)7-9(15)8-18-11/h7-8,17H,2-6H2,1H3. The largest absolute Gasteiger partial charge is 0.338 e. The topological polar surface area (TPSA) is 63.8 Å². The van der Waals surface area contributed by atoms with Gasteiger partial charge in [-0.15, -0.1) is 0 Å². The number of hydrogen-bond donors (Lipinski definition) is 1. The molecule has 1 saturated heterocycles. The number of halogens is 2.